The molecule has 2 heterocycles. The number of thioether (sulfide) groups is 2. The summed E-state index contributed by atoms with van der Waals surface area (Å²) < 4.78 is 22.9. The van der Waals surface area contributed by atoms with E-state index in [4.69, 9.17) is 9.47 Å². The maximum absolute atomic E-state index is 11.9. The second-order valence-corrected chi connectivity index (χ2v) is 12.5. The largest absolute Gasteiger partial charge is 2.00 e. The SMILES string of the molecule is COC(=O)[C@H](CCSC)NC(=O)OCc1cn(C[C]2[CH][CH][CH][CH]2)nn1.COC(=O)[C@H](CCSC)NC(=O)OCc1cn(C[C]2[CH][CH][CH][CH]2)nn1.[Fe+2]. The van der Waals surface area contributed by atoms with Gasteiger partial charge in [-0.25, -0.2) is 19.2 Å². The van der Waals surface area contributed by atoms with Gasteiger partial charge in [-0.3, -0.25) is 9.36 Å². The van der Waals surface area contributed by atoms with Crippen molar-refractivity contribution < 1.29 is 55.2 Å². The molecule has 2 aromatic rings. The van der Waals surface area contributed by atoms with Gasteiger partial charge in [0.05, 0.1) is 26.6 Å². The van der Waals surface area contributed by atoms with Gasteiger partial charge >= 0.3 is 41.2 Å². The number of amides is 2. The summed E-state index contributed by atoms with van der Waals surface area (Å²) in [6.07, 6.45) is 22.6. The van der Waals surface area contributed by atoms with E-state index in [2.05, 4.69) is 40.7 Å². The second kappa shape index (κ2) is 25.0. The van der Waals surface area contributed by atoms with Crippen LogP contribution in [-0.2, 0) is 71.9 Å². The van der Waals surface area contributed by atoms with Gasteiger partial charge in [0, 0.05) is 24.9 Å². The molecular formula is C32H42FeN8O8S2+2. The van der Waals surface area contributed by atoms with E-state index in [0.717, 1.165) is 23.3 Å². The van der Waals surface area contributed by atoms with Gasteiger partial charge in [-0.05, 0) is 88.2 Å². The Morgan fingerprint density at radius 3 is 1.39 bits per heavy atom. The first-order chi connectivity index (χ1) is 24.2. The van der Waals surface area contributed by atoms with E-state index in [1.54, 1.807) is 45.3 Å². The molecule has 2 atom stereocenters. The van der Waals surface area contributed by atoms with Crippen molar-refractivity contribution in [2.24, 2.45) is 0 Å². The molecule has 2 aliphatic rings. The second-order valence-electron chi connectivity index (χ2n) is 10.6. The number of esters is 2. The summed E-state index contributed by atoms with van der Waals surface area (Å²) in [5, 5.41) is 20.9. The molecule has 2 saturated carbocycles. The maximum Gasteiger partial charge on any atom is 2.00 e. The van der Waals surface area contributed by atoms with Crippen LogP contribution in [0.5, 0.6) is 0 Å². The Hall–Kier alpha value is -3.02. The van der Waals surface area contributed by atoms with E-state index in [9.17, 15) is 19.2 Å². The number of hydrogen-bond acceptors (Lipinski definition) is 14. The van der Waals surface area contributed by atoms with Crippen LogP contribution < -0.4 is 10.6 Å². The zero-order valence-corrected chi connectivity index (χ0v) is 31.4. The molecule has 51 heavy (non-hydrogen) atoms. The Bertz CT molecular complexity index is 1230. The Labute approximate surface area is 318 Å². The summed E-state index contributed by atoms with van der Waals surface area (Å²) in [7, 11) is 2.57. The predicted molar refractivity (Wildman–Crippen MR) is 185 cm³/mol. The third-order valence-corrected chi connectivity index (χ3v) is 8.09. The number of ether oxygens (including phenoxy) is 4. The van der Waals surface area contributed by atoms with Crippen LogP contribution in [0.3, 0.4) is 0 Å². The van der Waals surface area contributed by atoms with Crippen molar-refractivity contribution in [1.29, 1.82) is 0 Å². The maximum atomic E-state index is 11.9. The van der Waals surface area contributed by atoms with Crippen LogP contribution in [0.25, 0.3) is 0 Å². The molecule has 0 saturated heterocycles. The number of hydrogen-bond donors (Lipinski definition) is 2. The first kappa shape index (κ1) is 44.1. The quantitative estimate of drug-likeness (QED) is 0.127. The minimum absolute atomic E-state index is 0. The van der Waals surface area contributed by atoms with Gasteiger partial charge in [-0.2, -0.15) is 23.5 Å². The van der Waals surface area contributed by atoms with Crippen molar-refractivity contribution in [3.8, 4) is 0 Å². The van der Waals surface area contributed by atoms with Gasteiger partial charge in [0.15, 0.2) is 0 Å². The van der Waals surface area contributed by atoms with Gasteiger partial charge in [0.2, 0.25) is 0 Å². The van der Waals surface area contributed by atoms with Crippen LogP contribution in [0.1, 0.15) is 24.2 Å². The van der Waals surface area contributed by atoms with E-state index in [1.165, 1.54) is 14.2 Å². The average Bonchev–Trinajstić information content (AvgIpc) is 3.97. The summed E-state index contributed by atoms with van der Waals surface area (Å²) in [4.78, 5) is 47.1. The smallest absolute Gasteiger partial charge is 0.467 e. The molecule has 19 heteroatoms. The van der Waals surface area contributed by atoms with Gasteiger partial charge in [0.25, 0.3) is 0 Å². The molecule has 276 valence electrons. The molecule has 0 aromatic carbocycles. The summed E-state index contributed by atoms with van der Waals surface area (Å²) >= 11 is 3.16. The summed E-state index contributed by atoms with van der Waals surface area (Å²) in [5.74, 6) is 2.68. The minimum Gasteiger partial charge on any atom is -0.467 e. The fourth-order valence-electron chi connectivity index (χ4n) is 4.28. The van der Waals surface area contributed by atoms with Crippen molar-refractivity contribution in [3.63, 3.8) is 0 Å². The fraction of sp³-hybridized carbons (Fsp3) is 0.438. The Kier molecular flexibility index (Phi) is 21.7. The number of nitrogens with zero attached hydrogens (tertiary/aromatic N) is 6. The average molecular weight is 787 g/mol. The Balaban J connectivity index is 0.000000347. The van der Waals surface area contributed by atoms with E-state index in [1.807, 2.05) is 63.9 Å². The summed E-state index contributed by atoms with van der Waals surface area (Å²) in [6, 6.07) is -1.45. The molecule has 10 radical (unpaired) electrons. The molecule has 0 aliphatic heterocycles. The number of aromatic nitrogens is 6. The Morgan fingerprint density at radius 2 is 1.06 bits per heavy atom. The van der Waals surface area contributed by atoms with Crippen molar-refractivity contribution in [3.05, 3.63) is 87.0 Å². The number of carbonyl (C=O) groups excluding carboxylic acids is 4. The predicted octanol–water partition coefficient (Wildman–Crippen LogP) is 2.41. The molecule has 4 rings (SSSR count). The van der Waals surface area contributed by atoms with Crippen LogP contribution in [0, 0.1) is 63.2 Å². The van der Waals surface area contributed by atoms with Crippen LogP contribution in [0.2, 0.25) is 0 Å². The summed E-state index contributed by atoms with van der Waals surface area (Å²) in [5.41, 5.74) is 1.06. The van der Waals surface area contributed by atoms with E-state index >= 15 is 0 Å². The Morgan fingerprint density at radius 1 is 0.686 bits per heavy atom. The van der Waals surface area contributed by atoms with Gasteiger partial charge in [0.1, 0.15) is 36.7 Å². The number of methoxy groups -OCH3 is 2. The number of carbonyl (C=O) groups is 4. The van der Waals surface area contributed by atoms with Gasteiger partial charge in [-0.15, -0.1) is 10.2 Å². The van der Waals surface area contributed by atoms with Gasteiger partial charge < -0.3 is 29.6 Å². The van der Waals surface area contributed by atoms with E-state index in [0.29, 0.717) is 37.3 Å². The molecule has 16 nitrogen and oxygen atoms in total. The molecule has 2 N–H and O–H groups in total. The normalized spacial score (nSPS) is 15.5. The standard InChI is InChI=1S/2C16H21N4O4S.Fe/c2*1-23-15(21)14(7-8-25-2)17-16(22)24-11-13-10-20(19-18-13)9-12-5-3-4-6-12;/h2*3-6,10,14H,7-9,11H2,1-2H3,(H,17,22);/q;;+2/t2*14-;/m00./s1. The van der Waals surface area contributed by atoms with E-state index < -0.39 is 36.2 Å². The molecule has 2 amide bonds. The third-order valence-electron chi connectivity index (χ3n) is 6.80. The van der Waals surface area contributed by atoms with Crippen molar-refractivity contribution in [2.75, 3.05) is 38.2 Å². The monoisotopic (exact) mass is 786 g/mol. The zero-order chi connectivity index (χ0) is 36.1. The molecule has 0 bridgehead atoms. The molecule has 0 spiro atoms. The number of nitrogens with one attached hydrogen (secondary N) is 2. The minimum atomic E-state index is -0.724. The first-order valence-corrected chi connectivity index (χ1v) is 18.2. The van der Waals surface area contributed by atoms with Crippen LogP contribution in [-0.4, -0.2) is 104 Å². The van der Waals surface area contributed by atoms with Crippen LogP contribution in [0.4, 0.5) is 9.59 Å². The number of alkyl carbamates (subject to hydrolysis) is 2. The molecule has 2 fully saturated rings. The molecular weight excluding hydrogens is 744 g/mol. The molecule has 0 unspecified atom stereocenters. The zero-order valence-electron chi connectivity index (χ0n) is 28.7. The van der Waals surface area contributed by atoms with Gasteiger partial charge in [-0.1, -0.05) is 10.4 Å². The number of rotatable bonds is 18. The van der Waals surface area contributed by atoms with Crippen LogP contribution in [0.15, 0.2) is 12.4 Å². The fourth-order valence-corrected chi connectivity index (χ4v) is 5.22. The first-order valence-electron chi connectivity index (χ1n) is 15.4. The topological polar surface area (TPSA) is 191 Å². The summed E-state index contributed by atoms with van der Waals surface area (Å²) in [6.45, 7) is 1.16. The van der Waals surface area contributed by atoms with Crippen LogP contribution >= 0.6 is 23.5 Å². The van der Waals surface area contributed by atoms with E-state index in [-0.39, 0.29) is 30.3 Å². The van der Waals surface area contributed by atoms with Crippen molar-refractivity contribution >= 4 is 47.6 Å². The van der Waals surface area contributed by atoms with Crippen molar-refractivity contribution in [1.82, 2.24) is 40.6 Å². The molecule has 2 aromatic heterocycles. The molecule has 2 aliphatic carbocycles. The third kappa shape index (κ3) is 16.9. The van der Waals surface area contributed by atoms with Crippen molar-refractivity contribution in [2.45, 2.75) is 51.2 Å².